The summed E-state index contributed by atoms with van der Waals surface area (Å²) in [6.45, 7) is 6.95. The van der Waals surface area contributed by atoms with Crippen LogP contribution in [-0.2, 0) is 11.3 Å². The zero-order chi connectivity index (χ0) is 19.7. The number of amides is 3. The van der Waals surface area contributed by atoms with Crippen molar-refractivity contribution in [3.8, 4) is 0 Å². The summed E-state index contributed by atoms with van der Waals surface area (Å²) in [5.41, 5.74) is 0.589. The lowest BCUT2D eigenvalue weighted by Gasteiger charge is -2.38. The van der Waals surface area contributed by atoms with Gasteiger partial charge in [0.1, 0.15) is 5.54 Å². The second kappa shape index (κ2) is 8.01. The van der Waals surface area contributed by atoms with Gasteiger partial charge >= 0.3 is 6.03 Å². The van der Waals surface area contributed by atoms with Gasteiger partial charge in [0.05, 0.1) is 6.67 Å². The number of rotatable bonds is 4. The second-order valence-corrected chi connectivity index (χ2v) is 8.88. The van der Waals surface area contributed by atoms with Crippen molar-refractivity contribution in [2.75, 3.05) is 32.8 Å². The molecule has 1 saturated carbocycles. The molecule has 2 atom stereocenters. The number of carbonyl (C=O) groups excluding carboxylic acids is 2. The van der Waals surface area contributed by atoms with Crippen LogP contribution in [0.1, 0.15) is 38.2 Å². The maximum atomic E-state index is 13.1. The molecule has 2 saturated heterocycles. The number of halogens is 1. The number of imide groups is 1. The number of carbonyl (C=O) groups is 2. The van der Waals surface area contributed by atoms with Gasteiger partial charge < -0.3 is 5.32 Å². The third kappa shape index (κ3) is 3.78. The molecular weight excluding hydrogens is 376 g/mol. The first kappa shape index (κ1) is 19.7. The molecule has 3 amide bonds. The minimum atomic E-state index is -0.661. The first-order valence-electron chi connectivity index (χ1n) is 10.3. The van der Waals surface area contributed by atoms with E-state index >= 15 is 0 Å². The third-order valence-electron chi connectivity index (χ3n) is 6.63. The van der Waals surface area contributed by atoms with E-state index in [4.69, 9.17) is 11.6 Å². The Morgan fingerprint density at radius 2 is 1.75 bits per heavy atom. The van der Waals surface area contributed by atoms with E-state index in [1.54, 1.807) is 0 Å². The Bertz CT molecular complexity index is 732. The number of benzene rings is 1. The predicted molar refractivity (Wildman–Crippen MR) is 109 cm³/mol. The molecule has 1 aromatic carbocycles. The smallest absolute Gasteiger partial charge is 0.323 e. The maximum absolute atomic E-state index is 13.1. The number of hydrogen-bond donors (Lipinski definition) is 1. The molecule has 1 aliphatic carbocycles. The molecule has 3 fully saturated rings. The Hall–Kier alpha value is -1.63. The van der Waals surface area contributed by atoms with Crippen LogP contribution in [0.5, 0.6) is 0 Å². The molecule has 6 nitrogen and oxygen atoms in total. The number of piperazine rings is 1. The van der Waals surface area contributed by atoms with Gasteiger partial charge in [-0.15, -0.1) is 0 Å². The normalized spacial score (nSPS) is 29.5. The fourth-order valence-electron chi connectivity index (χ4n) is 4.76. The summed E-state index contributed by atoms with van der Waals surface area (Å²) in [5.74, 6) is 0.187. The SMILES string of the molecule is CC1CCCCC12NC(=O)N(CN1CCN(Cc3ccc(Cl)cc3)CC1)C2=O. The molecular formula is C21H29ClN4O2. The highest BCUT2D eigenvalue weighted by Crippen LogP contribution is 2.38. The van der Waals surface area contributed by atoms with Crippen LogP contribution >= 0.6 is 11.6 Å². The average Bonchev–Trinajstić information content (AvgIpc) is 2.92. The lowest BCUT2D eigenvalue weighted by atomic mass is 9.73. The van der Waals surface area contributed by atoms with Crippen LogP contribution in [0.15, 0.2) is 24.3 Å². The van der Waals surface area contributed by atoms with Crippen LogP contribution in [-0.4, -0.2) is 65.0 Å². The van der Waals surface area contributed by atoms with Crippen molar-refractivity contribution in [3.05, 3.63) is 34.9 Å². The molecule has 2 unspecified atom stereocenters. The largest absolute Gasteiger partial charge is 0.326 e. The van der Waals surface area contributed by atoms with Gasteiger partial charge in [-0.3, -0.25) is 14.6 Å². The maximum Gasteiger partial charge on any atom is 0.326 e. The topological polar surface area (TPSA) is 55.9 Å². The van der Waals surface area contributed by atoms with Crippen molar-refractivity contribution in [2.45, 2.75) is 44.7 Å². The molecule has 0 bridgehead atoms. The van der Waals surface area contributed by atoms with E-state index in [-0.39, 0.29) is 17.9 Å². The van der Waals surface area contributed by atoms with E-state index in [9.17, 15) is 9.59 Å². The van der Waals surface area contributed by atoms with Gasteiger partial charge in [0.15, 0.2) is 0 Å². The van der Waals surface area contributed by atoms with Crippen molar-refractivity contribution < 1.29 is 9.59 Å². The van der Waals surface area contributed by atoms with Crippen molar-refractivity contribution in [2.24, 2.45) is 5.92 Å². The minimum absolute atomic E-state index is 0.0201. The highest BCUT2D eigenvalue weighted by Gasteiger charge is 2.55. The predicted octanol–water partition coefficient (Wildman–Crippen LogP) is 2.92. The van der Waals surface area contributed by atoms with E-state index in [0.717, 1.165) is 63.4 Å². The summed E-state index contributed by atoms with van der Waals surface area (Å²) in [4.78, 5) is 31.7. The summed E-state index contributed by atoms with van der Waals surface area (Å²) in [7, 11) is 0. The molecule has 2 heterocycles. The lowest BCUT2D eigenvalue weighted by molar-refractivity contribution is -0.136. The summed E-state index contributed by atoms with van der Waals surface area (Å²) in [5, 5.41) is 3.80. The second-order valence-electron chi connectivity index (χ2n) is 8.44. The summed E-state index contributed by atoms with van der Waals surface area (Å²) in [6, 6.07) is 7.75. The van der Waals surface area contributed by atoms with Crippen LogP contribution < -0.4 is 5.32 Å². The highest BCUT2D eigenvalue weighted by molar-refractivity contribution is 6.30. The zero-order valence-electron chi connectivity index (χ0n) is 16.5. The third-order valence-corrected chi connectivity index (χ3v) is 6.88. The van der Waals surface area contributed by atoms with E-state index < -0.39 is 5.54 Å². The van der Waals surface area contributed by atoms with Gasteiger partial charge in [-0.2, -0.15) is 0 Å². The highest BCUT2D eigenvalue weighted by atomic mass is 35.5. The average molecular weight is 405 g/mol. The molecule has 152 valence electrons. The quantitative estimate of drug-likeness (QED) is 0.784. The standard InChI is InChI=1S/C21H29ClN4O2/c1-16-4-2-3-9-21(16)19(27)26(20(28)23-21)15-25-12-10-24(11-13-25)14-17-5-7-18(22)8-6-17/h5-8,16H,2-4,9-15H2,1H3,(H,23,28). The van der Waals surface area contributed by atoms with Crippen LogP contribution in [0, 0.1) is 5.92 Å². The zero-order valence-corrected chi connectivity index (χ0v) is 17.2. The summed E-state index contributed by atoms with van der Waals surface area (Å²) >= 11 is 5.96. The monoisotopic (exact) mass is 404 g/mol. The Morgan fingerprint density at radius 1 is 1.07 bits per heavy atom. The fourth-order valence-corrected chi connectivity index (χ4v) is 4.89. The van der Waals surface area contributed by atoms with Gasteiger partial charge in [-0.25, -0.2) is 9.69 Å². The van der Waals surface area contributed by atoms with Gasteiger partial charge in [-0.1, -0.05) is 43.5 Å². The molecule has 2 aliphatic heterocycles. The molecule has 3 aliphatic rings. The number of urea groups is 1. The number of nitrogens with one attached hydrogen (secondary N) is 1. The van der Waals surface area contributed by atoms with Crippen molar-refractivity contribution in [1.29, 1.82) is 0 Å². The van der Waals surface area contributed by atoms with Crippen LogP contribution in [0.25, 0.3) is 0 Å². The Morgan fingerprint density at radius 3 is 2.43 bits per heavy atom. The lowest BCUT2D eigenvalue weighted by Crippen LogP contribution is -2.55. The summed E-state index contributed by atoms with van der Waals surface area (Å²) in [6.07, 6.45) is 3.92. The van der Waals surface area contributed by atoms with Gasteiger partial charge in [-0.05, 0) is 36.5 Å². The Balaban J connectivity index is 1.31. The molecule has 1 N–H and O–H groups in total. The Kier molecular flexibility index (Phi) is 5.63. The van der Waals surface area contributed by atoms with E-state index in [2.05, 4.69) is 34.2 Å². The molecule has 0 aromatic heterocycles. The molecule has 1 spiro atoms. The molecule has 4 rings (SSSR count). The van der Waals surface area contributed by atoms with Crippen LogP contribution in [0.2, 0.25) is 5.02 Å². The molecule has 0 radical (unpaired) electrons. The van der Waals surface area contributed by atoms with Gasteiger partial charge in [0.25, 0.3) is 5.91 Å². The van der Waals surface area contributed by atoms with Crippen LogP contribution in [0.3, 0.4) is 0 Å². The van der Waals surface area contributed by atoms with E-state index in [1.807, 2.05) is 12.1 Å². The summed E-state index contributed by atoms with van der Waals surface area (Å²) < 4.78 is 0. The van der Waals surface area contributed by atoms with Gasteiger partial charge in [0, 0.05) is 37.7 Å². The van der Waals surface area contributed by atoms with Gasteiger partial charge in [0.2, 0.25) is 0 Å². The number of hydrogen-bond acceptors (Lipinski definition) is 4. The van der Waals surface area contributed by atoms with E-state index in [0.29, 0.717) is 6.67 Å². The minimum Gasteiger partial charge on any atom is -0.323 e. The van der Waals surface area contributed by atoms with Crippen molar-refractivity contribution in [3.63, 3.8) is 0 Å². The first-order valence-corrected chi connectivity index (χ1v) is 10.7. The molecule has 28 heavy (non-hydrogen) atoms. The molecule has 1 aromatic rings. The Labute approximate surface area is 171 Å². The first-order chi connectivity index (χ1) is 13.5. The van der Waals surface area contributed by atoms with Crippen LogP contribution in [0.4, 0.5) is 4.79 Å². The van der Waals surface area contributed by atoms with Crippen molar-refractivity contribution >= 4 is 23.5 Å². The molecule has 7 heteroatoms. The van der Waals surface area contributed by atoms with E-state index in [1.165, 1.54) is 10.5 Å². The fraction of sp³-hybridized carbons (Fsp3) is 0.619. The number of nitrogens with zero attached hydrogens (tertiary/aromatic N) is 3. The van der Waals surface area contributed by atoms with Crippen molar-refractivity contribution in [1.82, 2.24) is 20.0 Å².